The maximum Gasteiger partial charge on any atom is 0.271 e. The van der Waals surface area contributed by atoms with Crippen molar-refractivity contribution in [2.75, 3.05) is 0 Å². The molecule has 0 spiro atoms. The molecule has 0 aliphatic rings. The van der Waals surface area contributed by atoms with E-state index < -0.39 is 4.92 Å². The largest absolute Gasteiger partial charge is 0.454 e. The average Bonchev–Trinajstić information content (AvgIpc) is 2.52. The third-order valence-electron chi connectivity index (χ3n) is 3.17. The van der Waals surface area contributed by atoms with Crippen molar-refractivity contribution in [3.8, 4) is 11.5 Å². The molecular formula is C16H9Cl2NO3. The highest BCUT2D eigenvalue weighted by Gasteiger charge is 2.13. The van der Waals surface area contributed by atoms with E-state index in [1.54, 1.807) is 6.07 Å². The third kappa shape index (κ3) is 2.71. The first kappa shape index (κ1) is 14.6. The molecule has 0 atom stereocenters. The molecule has 0 heterocycles. The number of nitro groups is 1. The highest BCUT2D eigenvalue weighted by molar-refractivity contribution is 6.37. The van der Waals surface area contributed by atoms with E-state index in [-0.39, 0.29) is 10.7 Å². The number of hydrogen-bond donors (Lipinski definition) is 0. The van der Waals surface area contributed by atoms with Crippen molar-refractivity contribution in [3.05, 3.63) is 74.8 Å². The number of hydrogen-bond acceptors (Lipinski definition) is 3. The maximum atomic E-state index is 10.7. The molecule has 4 nitrogen and oxygen atoms in total. The standard InChI is InChI=1S/C16H9Cl2NO3/c17-13-9-11(19(20)21)6-8-14(13)22-15-7-5-10-3-1-2-4-12(10)16(15)18/h1-9H. The van der Waals surface area contributed by atoms with Crippen LogP contribution in [0, 0.1) is 10.1 Å². The molecule has 3 rings (SSSR count). The van der Waals surface area contributed by atoms with Crippen LogP contribution in [0.1, 0.15) is 0 Å². The summed E-state index contributed by atoms with van der Waals surface area (Å²) in [5.74, 6) is 0.751. The summed E-state index contributed by atoms with van der Waals surface area (Å²) < 4.78 is 5.70. The Balaban J connectivity index is 2.00. The fraction of sp³-hybridized carbons (Fsp3) is 0. The first-order valence-corrected chi connectivity index (χ1v) is 7.11. The monoisotopic (exact) mass is 333 g/mol. The molecule has 0 aromatic heterocycles. The molecule has 6 heteroatoms. The lowest BCUT2D eigenvalue weighted by Crippen LogP contribution is -1.91. The van der Waals surface area contributed by atoms with E-state index in [2.05, 4.69) is 0 Å². The van der Waals surface area contributed by atoms with Gasteiger partial charge in [-0.1, -0.05) is 53.5 Å². The third-order valence-corrected chi connectivity index (χ3v) is 3.86. The predicted molar refractivity (Wildman–Crippen MR) is 87.1 cm³/mol. The van der Waals surface area contributed by atoms with Crippen LogP contribution in [0.5, 0.6) is 11.5 Å². The molecule has 0 aliphatic heterocycles. The van der Waals surface area contributed by atoms with Crippen molar-refractivity contribution in [2.24, 2.45) is 0 Å². The van der Waals surface area contributed by atoms with Crippen LogP contribution in [0.15, 0.2) is 54.6 Å². The number of halogens is 2. The lowest BCUT2D eigenvalue weighted by molar-refractivity contribution is -0.384. The van der Waals surface area contributed by atoms with E-state index in [1.165, 1.54) is 18.2 Å². The first-order valence-electron chi connectivity index (χ1n) is 6.35. The number of benzene rings is 3. The summed E-state index contributed by atoms with van der Waals surface area (Å²) in [6.45, 7) is 0. The molecule has 0 unspecified atom stereocenters. The average molecular weight is 334 g/mol. The molecule has 3 aromatic carbocycles. The molecular weight excluding hydrogens is 325 g/mol. The van der Waals surface area contributed by atoms with Crippen molar-refractivity contribution < 1.29 is 9.66 Å². The van der Waals surface area contributed by atoms with Gasteiger partial charge in [0.2, 0.25) is 0 Å². The van der Waals surface area contributed by atoms with Gasteiger partial charge in [-0.15, -0.1) is 0 Å². The molecule has 0 aliphatic carbocycles. The molecule has 0 N–H and O–H groups in total. The number of nitrogens with zero attached hydrogens (tertiary/aromatic N) is 1. The Morgan fingerprint density at radius 2 is 1.68 bits per heavy atom. The quantitative estimate of drug-likeness (QED) is 0.446. The predicted octanol–water partition coefficient (Wildman–Crippen LogP) is 5.85. The SMILES string of the molecule is O=[N+]([O-])c1ccc(Oc2ccc3ccccc3c2Cl)c(Cl)c1. The molecule has 0 saturated heterocycles. The van der Waals surface area contributed by atoms with Gasteiger partial charge in [0.15, 0.2) is 0 Å². The lowest BCUT2D eigenvalue weighted by atomic mass is 10.1. The van der Waals surface area contributed by atoms with Gasteiger partial charge in [0.1, 0.15) is 11.5 Å². The summed E-state index contributed by atoms with van der Waals surface area (Å²) >= 11 is 12.4. The molecule has 3 aromatic rings. The summed E-state index contributed by atoms with van der Waals surface area (Å²) in [6.07, 6.45) is 0. The Morgan fingerprint density at radius 1 is 0.955 bits per heavy atom. The number of non-ortho nitro benzene ring substituents is 1. The van der Waals surface area contributed by atoms with Crippen molar-refractivity contribution >= 4 is 39.7 Å². The van der Waals surface area contributed by atoms with E-state index in [4.69, 9.17) is 27.9 Å². The second-order valence-corrected chi connectivity index (χ2v) is 5.36. The summed E-state index contributed by atoms with van der Waals surface area (Å²) in [5, 5.41) is 13.2. The smallest absolute Gasteiger partial charge is 0.271 e. The van der Waals surface area contributed by atoms with Crippen LogP contribution in [0.3, 0.4) is 0 Å². The number of rotatable bonds is 3. The molecule has 0 fully saturated rings. The molecule has 110 valence electrons. The number of nitro benzene ring substituents is 1. The topological polar surface area (TPSA) is 52.4 Å². The van der Waals surface area contributed by atoms with Gasteiger partial charge in [0.05, 0.1) is 15.0 Å². The van der Waals surface area contributed by atoms with Crippen LogP contribution >= 0.6 is 23.2 Å². The minimum atomic E-state index is -0.515. The summed E-state index contributed by atoms with van der Waals surface area (Å²) in [6, 6.07) is 15.3. The van der Waals surface area contributed by atoms with Crippen LogP contribution in [-0.4, -0.2) is 4.92 Å². The highest BCUT2D eigenvalue weighted by atomic mass is 35.5. The highest BCUT2D eigenvalue weighted by Crippen LogP contribution is 2.38. The van der Waals surface area contributed by atoms with Crippen molar-refractivity contribution in [3.63, 3.8) is 0 Å². The Hall–Kier alpha value is -2.30. The number of ether oxygens (including phenoxy) is 1. The summed E-state index contributed by atoms with van der Waals surface area (Å²) in [5.41, 5.74) is -0.0954. The molecule has 22 heavy (non-hydrogen) atoms. The molecule has 0 bridgehead atoms. The Bertz CT molecular complexity index is 880. The van der Waals surface area contributed by atoms with E-state index >= 15 is 0 Å². The van der Waals surface area contributed by atoms with Crippen LogP contribution in [-0.2, 0) is 0 Å². The Labute approximate surface area is 136 Å². The minimum Gasteiger partial charge on any atom is -0.454 e. The van der Waals surface area contributed by atoms with Gasteiger partial charge in [0, 0.05) is 17.5 Å². The van der Waals surface area contributed by atoms with E-state index in [9.17, 15) is 10.1 Å². The van der Waals surface area contributed by atoms with Crippen LogP contribution < -0.4 is 4.74 Å². The van der Waals surface area contributed by atoms with E-state index in [0.29, 0.717) is 16.5 Å². The maximum absolute atomic E-state index is 10.7. The zero-order chi connectivity index (χ0) is 15.7. The van der Waals surface area contributed by atoms with Crippen molar-refractivity contribution in [2.45, 2.75) is 0 Å². The lowest BCUT2D eigenvalue weighted by Gasteiger charge is -2.10. The van der Waals surface area contributed by atoms with Crippen molar-refractivity contribution in [1.29, 1.82) is 0 Å². The molecule has 0 saturated carbocycles. The second-order valence-electron chi connectivity index (χ2n) is 4.57. The van der Waals surface area contributed by atoms with Crippen LogP contribution in [0.25, 0.3) is 10.8 Å². The molecule has 0 amide bonds. The molecule has 0 radical (unpaired) electrons. The van der Waals surface area contributed by atoms with Gasteiger partial charge in [-0.25, -0.2) is 0 Å². The summed E-state index contributed by atoms with van der Waals surface area (Å²) in [7, 11) is 0. The Kier molecular flexibility index (Phi) is 3.88. The van der Waals surface area contributed by atoms with Gasteiger partial charge in [0.25, 0.3) is 5.69 Å². The van der Waals surface area contributed by atoms with Gasteiger partial charge in [-0.2, -0.15) is 0 Å². The van der Waals surface area contributed by atoms with Crippen LogP contribution in [0.4, 0.5) is 5.69 Å². The summed E-state index contributed by atoms with van der Waals surface area (Å²) in [4.78, 5) is 10.2. The fourth-order valence-corrected chi connectivity index (χ4v) is 2.58. The van der Waals surface area contributed by atoms with Gasteiger partial charge < -0.3 is 4.74 Å². The van der Waals surface area contributed by atoms with Crippen LogP contribution in [0.2, 0.25) is 10.0 Å². The van der Waals surface area contributed by atoms with Gasteiger partial charge in [-0.3, -0.25) is 10.1 Å². The zero-order valence-corrected chi connectivity index (χ0v) is 12.6. The van der Waals surface area contributed by atoms with Gasteiger partial charge >= 0.3 is 0 Å². The Morgan fingerprint density at radius 3 is 2.41 bits per heavy atom. The first-order chi connectivity index (χ1) is 10.6. The van der Waals surface area contributed by atoms with E-state index in [1.807, 2.05) is 30.3 Å². The number of fused-ring (bicyclic) bond motifs is 1. The minimum absolute atomic E-state index is 0.0954. The fourth-order valence-electron chi connectivity index (χ4n) is 2.10. The normalized spacial score (nSPS) is 10.6. The second kappa shape index (κ2) is 5.83. The van der Waals surface area contributed by atoms with Gasteiger partial charge in [-0.05, 0) is 17.5 Å². The van der Waals surface area contributed by atoms with E-state index in [0.717, 1.165) is 10.8 Å². The zero-order valence-electron chi connectivity index (χ0n) is 11.1. The van der Waals surface area contributed by atoms with Crippen molar-refractivity contribution in [1.82, 2.24) is 0 Å².